The minimum Gasteiger partial charge on any atom is -0.842 e. The zero-order valence-corrected chi connectivity index (χ0v) is 17.0. The van der Waals surface area contributed by atoms with E-state index < -0.39 is 17.3 Å². The van der Waals surface area contributed by atoms with Gasteiger partial charge in [-0.05, 0) is 41.5 Å². The van der Waals surface area contributed by atoms with Crippen molar-refractivity contribution in [2.24, 2.45) is 5.16 Å². The molecule has 0 radical (unpaired) electrons. The smallest absolute Gasteiger partial charge is 0.349 e. The van der Waals surface area contributed by atoms with Gasteiger partial charge < -0.3 is 10.3 Å². The van der Waals surface area contributed by atoms with E-state index >= 15 is 0 Å². The van der Waals surface area contributed by atoms with E-state index in [4.69, 9.17) is 16.8 Å². The van der Waals surface area contributed by atoms with Crippen molar-refractivity contribution < 1.29 is 19.3 Å². The van der Waals surface area contributed by atoms with Gasteiger partial charge in [-0.15, -0.1) is 5.16 Å². The molecule has 0 atom stereocenters. The lowest BCUT2D eigenvalue weighted by atomic mass is 9.99. The van der Waals surface area contributed by atoms with Crippen molar-refractivity contribution in [1.82, 2.24) is 4.40 Å². The van der Waals surface area contributed by atoms with Crippen molar-refractivity contribution in [3.8, 4) is 28.1 Å². The molecule has 2 heterocycles. The molecule has 0 amide bonds. The molecule has 0 bridgehead atoms. The van der Waals surface area contributed by atoms with Crippen LogP contribution in [0.5, 0.6) is 5.88 Å². The zero-order chi connectivity index (χ0) is 22.0. The Bertz CT molecular complexity index is 1370. The van der Waals surface area contributed by atoms with Crippen molar-refractivity contribution in [3.63, 3.8) is 0 Å². The van der Waals surface area contributed by atoms with Gasteiger partial charge in [0.2, 0.25) is 0 Å². The predicted octanol–water partition coefficient (Wildman–Crippen LogP) is 3.64. The number of halogens is 2. The average molecular weight is 438 g/mol. The first-order valence-electron chi connectivity index (χ1n) is 9.47. The number of oxime groups is 1. The fraction of sp³-hybridized carbons (Fsp3) is 0.0870. The Labute approximate surface area is 181 Å². The Balaban J connectivity index is 1.93. The predicted molar refractivity (Wildman–Crippen MR) is 114 cm³/mol. The Kier molecular flexibility index (Phi) is 5.68. The van der Waals surface area contributed by atoms with Gasteiger partial charge in [-0.3, -0.25) is 0 Å². The lowest BCUT2D eigenvalue weighted by Gasteiger charge is -2.17. The second-order valence-corrected chi connectivity index (χ2v) is 7.29. The normalized spacial score (nSPS) is 11.4. The number of aromatic nitrogens is 2. The molecule has 0 aliphatic heterocycles. The molecule has 0 saturated heterocycles. The first kappa shape index (κ1) is 20.6. The molecule has 8 heteroatoms. The highest BCUT2D eigenvalue weighted by molar-refractivity contribution is 6.30. The molecule has 4 rings (SSSR count). The molecule has 0 unspecified atom stereocenters. The highest BCUT2D eigenvalue weighted by Crippen LogP contribution is 2.30. The number of hydrogen-bond donors (Lipinski definition) is 1. The summed E-state index contributed by atoms with van der Waals surface area (Å²) in [5, 5.41) is 25.2. The summed E-state index contributed by atoms with van der Waals surface area (Å²) >= 11 is 5.85. The molecule has 2 aromatic heterocycles. The standard InChI is InChI=1S/C23H17ClFN3O3/c24-17-8-9-18(19(25)14-17)15-5-3-6-16(13-15)21-22(29)27-11-2-1-7-20(27)28(23(21)30)12-4-10-26-31/h1-3,5-11,13-14H,4,12H2,(H-,29,30,31). The van der Waals surface area contributed by atoms with Crippen LogP contribution in [0.3, 0.4) is 0 Å². The lowest BCUT2D eigenvalue weighted by Crippen LogP contribution is -2.44. The van der Waals surface area contributed by atoms with Crippen molar-refractivity contribution in [2.75, 3.05) is 0 Å². The first-order valence-corrected chi connectivity index (χ1v) is 9.85. The van der Waals surface area contributed by atoms with Gasteiger partial charge in [0.25, 0.3) is 5.65 Å². The Hall–Kier alpha value is -3.71. The monoisotopic (exact) mass is 437 g/mol. The SMILES string of the molecule is O=c1c(-c2cccc(-c3ccc(Cl)cc3F)c2)c([O-])[n+](CCC=NO)c2ccccn12. The van der Waals surface area contributed by atoms with Crippen molar-refractivity contribution in [2.45, 2.75) is 13.0 Å². The number of hydrogen-bond acceptors (Lipinski definition) is 4. The summed E-state index contributed by atoms with van der Waals surface area (Å²) in [5.41, 5.74) is 1.13. The van der Waals surface area contributed by atoms with Crippen LogP contribution in [0, 0.1) is 5.82 Å². The van der Waals surface area contributed by atoms with E-state index in [-0.39, 0.29) is 17.1 Å². The van der Waals surface area contributed by atoms with Gasteiger partial charge in [0.05, 0.1) is 18.6 Å². The Morgan fingerprint density at radius 2 is 1.94 bits per heavy atom. The lowest BCUT2D eigenvalue weighted by molar-refractivity contribution is -0.714. The van der Waals surface area contributed by atoms with E-state index in [9.17, 15) is 14.3 Å². The summed E-state index contributed by atoms with van der Waals surface area (Å²) in [5.74, 6) is -0.975. The van der Waals surface area contributed by atoms with Crippen molar-refractivity contribution in [3.05, 3.63) is 88.1 Å². The van der Waals surface area contributed by atoms with Gasteiger partial charge >= 0.3 is 5.56 Å². The van der Waals surface area contributed by atoms with Crippen LogP contribution >= 0.6 is 11.6 Å². The highest BCUT2D eigenvalue weighted by Gasteiger charge is 2.20. The maximum Gasteiger partial charge on any atom is 0.349 e. The van der Waals surface area contributed by atoms with E-state index in [0.717, 1.165) is 0 Å². The summed E-state index contributed by atoms with van der Waals surface area (Å²) in [4.78, 5) is 13.2. The molecular formula is C23H17ClFN3O3. The quantitative estimate of drug-likeness (QED) is 0.224. The Morgan fingerprint density at radius 3 is 2.71 bits per heavy atom. The zero-order valence-electron chi connectivity index (χ0n) is 16.2. The van der Waals surface area contributed by atoms with Gasteiger partial charge in [-0.25, -0.2) is 13.8 Å². The van der Waals surface area contributed by atoms with Gasteiger partial charge in [0, 0.05) is 29.3 Å². The van der Waals surface area contributed by atoms with Gasteiger partial charge in [-0.2, -0.15) is 4.40 Å². The Morgan fingerprint density at radius 1 is 1.13 bits per heavy atom. The second kappa shape index (κ2) is 8.57. The molecule has 156 valence electrons. The summed E-state index contributed by atoms with van der Waals surface area (Å²) in [6.07, 6.45) is 3.16. The maximum atomic E-state index is 14.4. The van der Waals surface area contributed by atoms with Crippen LogP contribution < -0.4 is 15.2 Å². The number of benzene rings is 2. The van der Waals surface area contributed by atoms with Gasteiger partial charge in [0.1, 0.15) is 11.4 Å². The fourth-order valence-corrected chi connectivity index (χ4v) is 3.71. The van der Waals surface area contributed by atoms with Crippen molar-refractivity contribution >= 4 is 23.5 Å². The summed E-state index contributed by atoms with van der Waals surface area (Å²) in [7, 11) is 0. The molecule has 0 aliphatic rings. The fourth-order valence-electron chi connectivity index (χ4n) is 3.55. The summed E-state index contributed by atoms with van der Waals surface area (Å²) < 4.78 is 17.3. The minimum atomic E-state index is -0.499. The molecule has 6 nitrogen and oxygen atoms in total. The highest BCUT2D eigenvalue weighted by atomic mass is 35.5. The molecule has 0 spiro atoms. The molecule has 0 fully saturated rings. The molecule has 4 aromatic rings. The van der Waals surface area contributed by atoms with E-state index in [2.05, 4.69) is 5.16 Å². The third-order valence-electron chi connectivity index (χ3n) is 4.96. The van der Waals surface area contributed by atoms with Crippen LogP contribution in [0.2, 0.25) is 5.02 Å². The largest absolute Gasteiger partial charge is 0.842 e. The molecule has 2 aromatic carbocycles. The summed E-state index contributed by atoms with van der Waals surface area (Å²) in [6, 6.07) is 16.1. The van der Waals surface area contributed by atoms with Crippen LogP contribution in [0.15, 0.2) is 76.8 Å². The third-order valence-corrected chi connectivity index (χ3v) is 5.20. The van der Waals surface area contributed by atoms with Crippen LogP contribution in [0.4, 0.5) is 4.39 Å². The second-order valence-electron chi connectivity index (χ2n) is 6.86. The number of pyridine rings is 1. The molecule has 1 N–H and O–H groups in total. The van der Waals surface area contributed by atoms with E-state index in [1.54, 1.807) is 60.8 Å². The van der Waals surface area contributed by atoms with E-state index in [1.165, 1.54) is 21.2 Å². The molecule has 31 heavy (non-hydrogen) atoms. The maximum absolute atomic E-state index is 14.4. The van der Waals surface area contributed by atoms with E-state index in [1.807, 2.05) is 0 Å². The third kappa shape index (κ3) is 3.87. The van der Waals surface area contributed by atoms with E-state index in [0.29, 0.717) is 28.8 Å². The number of nitrogens with zero attached hydrogens (tertiary/aromatic N) is 3. The van der Waals surface area contributed by atoms with Crippen LogP contribution in [-0.2, 0) is 6.54 Å². The summed E-state index contributed by atoms with van der Waals surface area (Å²) in [6.45, 7) is 0.217. The number of rotatable bonds is 5. The van der Waals surface area contributed by atoms with Crippen molar-refractivity contribution in [1.29, 1.82) is 0 Å². The van der Waals surface area contributed by atoms with Crippen LogP contribution in [0.1, 0.15) is 6.42 Å². The van der Waals surface area contributed by atoms with Gasteiger partial charge in [0.15, 0.2) is 0 Å². The van der Waals surface area contributed by atoms with Crippen LogP contribution in [-0.4, -0.2) is 15.8 Å². The molecule has 0 saturated carbocycles. The minimum absolute atomic E-state index is 0.0270. The average Bonchev–Trinajstić information content (AvgIpc) is 2.76. The topological polar surface area (TPSA) is 81.0 Å². The van der Waals surface area contributed by atoms with Gasteiger partial charge in [-0.1, -0.05) is 35.9 Å². The number of fused-ring (bicyclic) bond motifs is 1. The van der Waals surface area contributed by atoms with Crippen LogP contribution in [0.25, 0.3) is 27.9 Å². The molecule has 0 aliphatic carbocycles. The first-order chi connectivity index (χ1) is 15.0. The number of aryl methyl sites for hydroxylation is 1. The molecular weight excluding hydrogens is 421 g/mol.